The van der Waals surface area contributed by atoms with Crippen LogP contribution in [0.3, 0.4) is 0 Å². The van der Waals surface area contributed by atoms with Gasteiger partial charge in [-0.1, -0.05) is 12.1 Å². The summed E-state index contributed by atoms with van der Waals surface area (Å²) in [5.41, 5.74) is 3.84. The number of hydrogen-bond acceptors (Lipinski definition) is 3. The van der Waals surface area contributed by atoms with E-state index in [9.17, 15) is 9.90 Å². The maximum Gasteiger partial charge on any atom is 0.251 e. The molecule has 5 nitrogen and oxygen atoms in total. The summed E-state index contributed by atoms with van der Waals surface area (Å²) in [6.07, 6.45) is 1.98. The molecule has 1 fully saturated rings. The summed E-state index contributed by atoms with van der Waals surface area (Å²) in [4.78, 5) is 12.2. The fourth-order valence-corrected chi connectivity index (χ4v) is 2.71. The topological polar surface area (TPSA) is 67.2 Å². The Morgan fingerprint density at radius 1 is 1.30 bits per heavy atom. The number of hydrogen-bond donors (Lipinski definition) is 2. The molecule has 5 heteroatoms. The third-order valence-corrected chi connectivity index (χ3v) is 4.57. The smallest absolute Gasteiger partial charge is 0.251 e. The van der Waals surface area contributed by atoms with Gasteiger partial charge in [-0.15, -0.1) is 0 Å². The molecule has 0 atom stereocenters. The van der Waals surface area contributed by atoms with Crippen molar-refractivity contribution >= 4 is 5.91 Å². The molecule has 0 aliphatic heterocycles. The normalized spacial score (nSPS) is 15.4. The molecule has 2 aromatic rings. The minimum atomic E-state index is -0.0811. The molecule has 23 heavy (non-hydrogen) atoms. The Kier molecular flexibility index (Phi) is 4.22. The van der Waals surface area contributed by atoms with Crippen LogP contribution in [0.1, 0.15) is 40.2 Å². The van der Waals surface area contributed by atoms with Gasteiger partial charge in [-0.05, 0) is 50.5 Å². The Balaban J connectivity index is 1.60. The zero-order valence-electron chi connectivity index (χ0n) is 13.7. The van der Waals surface area contributed by atoms with E-state index in [1.165, 1.54) is 0 Å². The summed E-state index contributed by atoms with van der Waals surface area (Å²) in [5.74, 6) is -0.0811. The number of aliphatic hydroxyl groups excluding tert-OH is 1. The van der Waals surface area contributed by atoms with Gasteiger partial charge < -0.3 is 10.4 Å². The molecule has 0 radical (unpaired) electrons. The average Bonchev–Trinajstić information content (AvgIpc) is 3.26. The third kappa shape index (κ3) is 3.62. The van der Waals surface area contributed by atoms with Crippen molar-refractivity contribution in [1.29, 1.82) is 0 Å². The van der Waals surface area contributed by atoms with Gasteiger partial charge in [-0.3, -0.25) is 9.48 Å². The van der Waals surface area contributed by atoms with Gasteiger partial charge in [0.2, 0.25) is 0 Å². The van der Waals surface area contributed by atoms with E-state index in [2.05, 4.69) is 16.5 Å². The standard InChI is InChI=1S/C18H23N3O2/c1-13-9-14(2)21(20-13)10-15-3-5-16(6-4-15)17(23)19-11-18(12-22)7-8-18/h3-6,9,22H,7-8,10-12H2,1-2H3,(H,19,23). The minimum absolute atomic E-state index is 0.0644. The molecule has 1 aromatic heterocycles. The predicted octanol–water partition coefficient (Wildman–Crippen LogP) is 2.05. The van der Waals surface area contributed by atoms with Crippen LogP contribution in [-0.2, 0) is 6.54 Å². The van der Waals surface area contributed by atoms with Crippen LogP contribution in [0.25, 0.3) is 0 Å². The van der Waals surface area contributed by atoms with Crippen LogP contribution in [0.5, 0.6) is 0 Å². The van der Waals surface area contributed by atoms with E-state index in [1.807, 2.05) is 42.8 Å². The molecule has 1 amide bonds. The Morgan fingerprint density at radius 3 is 2.52 bits per heavy atom. The van der Waals surface area contributed by atoms with Crippen molar-refractivity contribution < 1.29 is 9.90 Å². The molecule has 0 bridgehead atoms. The molecule has 0 spiro atoms. The highest BCUT2D eigenvalue weighted by Crippen LogP contribution is 2.44. The molecule has 0 unspecified atom stereocenters. The summed E-state index contributed by atoms with van der Waals surface area (Å²) in [5, 5.41) is 16.6. The average molecular weight is 313 g/mol. The lowest BCUT2D eigenvalue weighted by atomic mass is 10.1. The second kappa shape index (κ2) is 6.16. The number of aryl methyl sites for hydroxylation is 2. The highest BCUT2D eigenvalue weighted by molar-refractivity contribution is 5.94. The van der Waals surface area contributed by atoms with Crippen molar-refractivity contribution in [3.63, 3.8) is 0 Å². The second-order valence-electron chi connectivity index (χ2n) is 6.62. The number of benzene rings is 1. The van der Waals surface area contributed by atoms with Crippen LogP contribution in [0, 0.1) is 19.3 Å². The lowest BCUT2D eigenvalue weighted by Crippen LogP contribution is -2.31. The number of carbonyl (C=O) groups excluding carboxylic acids is 1. The first-order valence-corrected chi connectivity index (χ1v) is 8.00. The Labute approximate surface area is 136 Å². The molecular formula is C18H23N3O2. The molecular weight excluding hydrogens is 290 g/mol. The van der Waals surface area contributed by atoms with E-state index in [-0.39, 0.29) is 17.9 Å². The maximum atomic E-state index is 12.2. The van der Waals surface area contributed by atoms with Gasteiger partial charge in [-0.2, -0.15) is 5.10 Å². The Hall–Kier alpha value is -2.14. The van der Waals surface area contributed by atoms with Crippen LogP contribution in [0.15, 0.2) is 30.3 Å². The number of nitrogens with zero attached hydrogens (tertiary/aromatic N) is 2. The fraction of sp³-hybridized carbons (Fsp3) is 0.444. The Bertz CT molecular complexity index is 700. The molecule has 1 aliphatic carbocycles. The zero-order valence-corrected chi connectivity index (χ0v) is 13.7. The molecule has 1 aliphatic rings. The van der Waals surface area contributed by atoms with Gasteiger partial charge in [0, 0.05) is 23.2 Å². The largest absolute Gasteiger partial charge is 0.396 e. The van der Waals surface area contributed by atoms with Crippen molar-refractivity contribution in [2.24, 2.45) is 5.41 Å². The van der Waals surface area contributed by atoms with E-state index in [1.54, 1.807) is 0 Å². The second-order valence-corrected chi connectivity index (χ2v) is 6.62. The highest BCUT2D eigenvalue weighted by Gasteiger charge is 2.42. The quantitative estimate of drug-likeness (QED) is 0.858. The molecule has 0 saturated heterocycles. The maximum absolute atomic E-state index is 12.2. The van der Waals surface area contributed by atoms with Crippen molar-refractivity contribution in [3.05, 3.63) is 52.8 Å². The Morgan fingerprint density at radius 2 is 2.00 bits per heavy atom. The van der Waals surface area contributed by atoms with Crippen LogP contribution in [-0.4, -0.2) is 33.9 Å². The van der Waals surface area contributed by atoms with Crippen LogP contribution in [0.4, 0.5) is 0 Å². The first-order valence-electron chi connectivity index (χ1n) is 8.00. The summed E-state index contributed by atoms with van der Waals surface area (Å²) in [6, 6.07) is 9.66. The van der Waals surface area contributed by atoms with Gasteiger partial charge >= 0.3 is 0 Å². The molecule has 3 rings (SSSR count). The van der Waals surface area contributed by atoms with E-state index in [0.717, 1.165) is 29.8 Å². The SMILES string of the molecule is Cc1cc(C)n(Cc2ccc(C(=O)NCC3(CO)CC3)cc2)n1. The monoisotopic (exact) mass is 313 g/mol. The predicted molar refractivity (Wildman–Crippen MR) is 88.3 cm³/mol. The number of nitrogens with one attached hydrogen (secondary N) is 1. The first kappa shape index (κ1) is 15.7. The highest BCUT2D eigenvalue weighted by atomic mass is 16.3. The zero-order chi connectivity index (χ0) is 16.4. The molecule has 1 heterocycles. The first-order chi connectivity index (χ1) is 11.0. The van der Waals surface area contributed by atoms with E-state index < -0.39 is 0 Å². The third-order valence-electron chi connectivity index (χ3n) is 4.57. The fourth-order valence-electron chi connectivity index (χ4n) is 2.71. The van der Waals surface area contributed by atoms with Crippen LogP contribution < -0.4 is 5.32 Å². The van der Waals surface area contributed by atoms with E-state index in [0.29, 0.717) is 18.7 Å². The van der Waals surface area contributed by atoms with Gasteiger partial charge in [0.05, 0.1) is 18.8 Å². The number of amides is 1. The van der Waals surface area contributed by atoms with Gasteiger partial charge in [0.25, 0.3) is 5.91 Å². The van der Waals surface area contributed by atoms with Gasteiger partial charge in [0.15, 0.2) is 0 Å². The summed E-state index contributed by atoms with van der Waals surface area (Å²) in [6.45, 7) is 5.42. The molecule has 1 saturated carbocycles. The van der Waals surface area contributed by atoms with Crippen molar-refractivity contribution in [2.75, 3.05) is 13.2 Å². The number of aliphatic hydroxyl groups is 1. The number of carbonyl (C=O) groups is 1. The molecule has 2 N–H and O–H groups in total. The molecule has 122 valence electrons. The number of aromatic nitrogens is 2. The van der Waals surface area contributed by atoms with Crippen molar-refractivity contribution in [1.82, 2.24) is 15.1 Å². The van der Waals surface area contributed by atoms with Crippen LogP contribution in [0.2, 0.25) is 0 Å². The van der Waals surface area contributed by atoms with E-state index in [4.69, 9.17) is 0 Å². The van der Waals surface area contributed by atoms with Crippen molar-refractivity contribution in [2.45, 2.75) is 33.2 Å². The van der Waals surface area contributed by atoms with Crippen LogP contribution >= 0.6 is 0 Å². The molecule has 1 aromatic carbocycles. The summed E-state index contributed by atoms with van der Waals surface area (Å²) < 4.78 is 1.96. The lowest BCUT2D eigenvalue weighted by Gasteiger charge is -2.13. The summed E-state index contributed by atoms with van der Waals surface area (Å²) in [7, 11) is 0. The minimum Gasteiger partial charge on any atom is -0.396 e. The van der Waals surface area contributed by atoms with Gasteiger partial charge in [0.1, 0.15) is 0 Å². The summed E-state index contributed by atoms with van der Waals surface area (Å²) >= 11 is 0. The lowest BCUT2D eigenvalue weighted by molar-refractivity contribution is 0.0935. The van der Waals surface area contributed by atoms with Gasteiger partial charge in [-0.25, -0.2) is 0 Å². The number of rotatable bonds is 6. The van der Waals surface area contributed by atoms with E-state index >= 15 is 0 Å². The van der Waals surface area contributed by atoms with Crippen molar-refractivity contribution in [3.8, 4) is 0 Å².